The lowest BCUT2D eigenvalue weighted by Crippen LogP contribution is -2.60. The molecule has 6 nitrogen and oxygen atoms in total. The number of rotatable bonds is 6. The summed E-state index contributed by atoms with van der Waals surface area (Å²) in [5.41, 5.74) is 0.569. The first kappa shape index (κ1) is 22.2. The molecule has 9 heteroatoms. The number of halogens is 3. The van der Waals surface area contributed by atoms with Crippen LogP contribution in [-0.2, 0) is 6.61 Å². The molecule has 4 heterocycles. The number of aromatic nitrogens is 3. The second-order valence-corrected chi connectivity index (χ2v) is 9.30. The van der Waals surface area contributed by atoms with Gasteiger partial charge in [0.1, 0.15) is 18.3 Å². The fraction of sp³-hybridized carbons (Fsp3) is 0.458. The van der Waals surface area contributed by atoms with Crippen molar-refractivity contribution >= 4 is 22.5 Å². The molecule has 0 saturated carbocycles. The number of hydrogen-bond acceptors (Lipinski definition) is 6. The molecule has 0 N–H and O–H groups in total. The molecule has 2 bridgehead atoms. The molecule has 2 aliphatic rings. The predicted octanol–water partition coefficient (Wildman–Crippen LogP) is 4.99. The second kappa shape index (κ2) is 8.99. The van der Waals surface area contributed by atoms with Crippen molar-refractivity contribution in [2.24, 2.45) is 5.41 Å². The van der Waals surface area contributed by atoms with E-state index in [2.05, 4.69) is 26.8 Å². The molecule has 33 heavy (non-hydrogen) atoms. The minimum atomic E-state index is -0.894. The Kier molecular flexibility index (Phi) is 6.05. The Hall–Kier alpha value is -2.58. The van der Waals surface area contributed by atoms with Crippen molar-refractivity contribution in [2.45, 2.75) is 45.0 Å². The van der Waals surface area contributed by atoms with Gasteiger partial charge in [-0.05, 0) is 38.3 Å². The molecule has 4 atom stereocenters. The van der Waals surface area contributed by atoms with Crippen molar-refractivity contribution in [3.8, 4) is 11.9 Å². The molecule has 174 valence electrons. The zero-order chi connectivity index (χ0) is 23.0. The molecule has 2 unspecified atom stereocenters. The Morgan fingerprint density at radius 3 is 2.85 bits per heavy atom. The third kappa shape index (κ3) is 4.34. The lowest BCUT2D eigenvalue weighted by Gasteiger charge is -2.53. The standard InChI is InChI=1S/C24H25ClF2N4O2/c1-15-24(8-5-9-31(15)12-17(26)10-24)14-33-23-29-20-18(11-28-21(25)19(20)27)22(30-23)32-13-16-6-3-2-4-7-16/h2-4,6-7,11,15,17H,5,8-10,12-14H2,1H3/t15?,17-,24+/m1/s1. The monoisotopic (exact) mass is 474 g/mol. The number of alkyl halides is 1. The lowest BCUT2D eigenvalue weighted by atomic mass is 9.68. The van der Waals surface area contributed by atoms with Gasteiger partial charge in [0.15, 0.2) is 11.0 Å². The van der Waals surface area contributed by atoms with Gasteiger partial charge in [0.2, 0.25) is 5.88 Å². The Morgan fingerprint density at radius 1 is 1.21 bits per heavy atom. The van der Waals surface area contributed by atoms with E-state index in [1.165, 1.54) is 6.20 Å². The Morgan fingerprint density at radius 2 is 2.03 bits per heavy atom. The Labute approximate surface area is 195 Å². The molecule has 2 saturated heterocycles. The summed E-state index contributed by atoms with van der Waals surface area (Å²) < 4.78 is 41.2. The summed E-state index contributed by atoms with van der Waals surface area (Å²) in [5.74, 6) is -0.604. The van der Waals surface area contributed by atoms with Crippen molar-refractivity contribution in [1.82, 2.24) is 19.9 Å². The van der Waals surface area contributed by atoms with Crippen LogP contribution in [-0.4, -0.2) is 51.8 Å². The summed E-state index contributed by atoms with van der Waals surface area (Å²) in [5, 5.41) is 0.0147. The maximum absolute atomic E-state index is 14.8. The van der Waals surface area contributed by atoms with Crippen molar-refractivity contribution in [3.05, 3.63) is 53.1 Å². The molecular weight excluding hydrogens is 450 g/mol. The highest BCUT2D eigenvalue weighted by Gasteiger charge is 2.48. The van der Waals surface area contributed by atoms with Gasteiger partial charge >= 0.3 is 6.01 Å². The van der Waals surface area contributed by atoms with Crippen LogP contribution in [0.1, 0.15) is 31.7 Å². The molecule has 0 radical (unpaired) electrons. The Balaban J connectivity index is 1.44. The van der Waals surface area contributed by atoms with Gasteiger partial charge in [0, 0.05) is 24.2 Å². The maximum atomic E-state index is 14.8. The van der Waals surface area contributed by atoms with Gasteiger partial charge in [-0.1, -0.05) is 41.9 Å². The van der Waals surface area contributed by atoms with Gasteiger partial charge in [-0.3, -0.25) is 4.90 Å². The van der Waals surface area contributed by atoms with Gasteiger partial charge in [0.05, 0.1) is 12.0 Å². The van der Waals surface area contributed by atoms with Gasteiger partial charge in [-0.25, -0.2) is 13.8 Å². The van der Waals surface area contributed by atoms with E-state index in [0.29, 0.717) is 18.4 Å². The minimum absolute atomic E-state index is 0.0218. The van der Waals surface area contributed by atoms with Crippen molar-refractivity contribution in [1.29, 1.82) is 0 Å². The van der Waals surface area contributed by atoms with Crippen LogP contribution < -0.4 is 9.47 Å². The van der Waals surface area contributed by atoms with E-state index < -0.39 is 12.0 Å². The zero-order valence-corrected chi connectivity index (χ0v) is 19.1. The quantitative estimate of drug-likeness (QED) is 0.469. The Bertz CT molecular complexity index is 1150. The highest BCUT2D eigenvalue weighted by Crippen LogP contribution is 2.44. The maximum Gasteiger partial charge on any atom is 0.320 e. The van der Waals surface area contributed by atoms with Gasteiger partial charge < -0.3 is 9.47 Å². The molecule has 0 amide bonds. The summed E-state index contributed by atoms with van der Waals surface area (Å²) in [6.07, 6.45) is 2.77. The van der Waals surface area contributed by atoms with E-state index in [-0.39, 0.29) is 47.2 Å². The van der Waals surface area contributed by atoms with Gasteiger partial charge in [-0.15, -0.1) is 0 Å². The molecule has 2 aromatic heterocycles. The number of hydrogen-bond donors (Lipinski definition) is 0. The van der Waals surface area contributed by atoms with Crippen LogP contribution >= 0.6 is 11.6 Å². The largest absolute Gasteiger partial charge is 0.472 e. The smallest absolute Gasteiger partial charge is 0.320 e. The summed E-state index contributed by atoms with van der Waals surface area (Å²) in [7, 11) is 0. The van der Waals surface area contributed by atoms with E-state index >= 15 is 0 Å². The summed E-state index contributed by atoms with van der Waals surface area (Å²) >= 11 is 5.89. The summed E-state index contributed by atoms with van der Waals surface area (Å²) in [6.45, 7) is 3.95. The molecule has 0 spiro atoms. The minimum Gasteiger partial charge on any atom is -0.472 e. The van der Waals surface area contributed by atoms with E-state index in [9.17, 15) is 8.78 Å². The van der Waals surface area contributed by atoms with Crippen molar-refractivity contribution in [3.63, 3.8) is 0 Å². The fourth-order valence-corrected chi connectivity index (χ4v) is 5.19. The first-order valence-electron chi connectivity index (χ1n) is 11.1. The van der Waals surface area contributed by atoms with Crippen LogP contribution in [0.3, 0.4) is 0 Å². The number of nitrogens with zero attached hydrogens (tertiary/aromatic N) is 4. The normalized spacial score (nSPS) is 26.8. The SMILES string of the molecule is CC1N2CCC[C@@]1(COc1nc(OCc3ccccc3)c3cnc(Cl)c(F)c3n1)C[C@@H](F)C2. The number of benzene rings is 1. The number of pyridine rings is 1. The fourth-order valence-electron chi connectivity index (χ4n) is 5.06. The van der Waals surface area contributed by atoms with Crippen LogP contribution in [0.5, 0.6) is 11.9 Å². The highest BCUT2D eigenvalue weighted by atomic mass is 35.5. The molecular formula is C24H25ClF2N4O2. The molecule has 5 rings (SSSR count). The molecule has 1 aromatic carbocycles. The highest BCUT2D eigenvalue weighted by molar-refractivity contribution is 6.30. The average molecular weight is 475 g/mol. The van der Waals surface area contributed by atoms with E-state index in [1.54, 1.807) is 0 Å². The second-order valence-electron chi connectivity index (χ2n) is 8.94. The molecule has 0 aliphatic carbocycles. The van der Waals surface area contributed by atoms with Gasteiger partial charge in [-0.2, -0.15) is 9.97 Å². The van der Waals surface area contributed by atoms with E-state index in [0.717, 1.165) is 24.9 Å². The van der Waals surface area contributed by atoms with Gasteiger partial charge in [0.25, 0.3) is 0 Å². The average Bonchev–Trinajstić information content (AvgIpc) is 2.81. The topological polar surface area (TPSA) is 60.4 Å². The third-order valence-electron chi connectivity index (χ3n) is 6.91. The number of piperidine rings is 2. The predicted molar refractivity (Wildman–Crippen MR) is 121 cm³/mol. The van der Waals surface area contributed by atoms with Crippen LogP contribution in [0.4, 0.5) is 8.78 Å². The van der Waals surface area contributed by atoms with E-state index in [1.807, 2.05) is 30.3 Å². The first-order chi connectivity index (χ1) is 15.9. The first-order valence-corrected chi connectivity index (χ1v) is 11.5. The zero-order valence-electron chi connectivity index (χ0n) is 18.3. The van der Waals surface area contributed by atoms with Crippen molar-refractivity contribution in [2.75, 3.05) is 19.7 Å². The van der Waals surface area contributed by atoms with Crippen LogP contribution in [0, 0.1) is 11.2 Å². The summed E-state index contributed by atoms with van der Waals surface area (Å²) in [6, 6.07) is 9.72. The molecule has 3 aromatic rings. The number of ether oxygens (including phenoxy) is 2. The van der Waals surface area contributed by atoms with Crippen LogP contribution in [0.2, 0.25) is 5.15 Å². The van der Waals surface area contributed by atoms with E-state index in [4.69, 9.17) is 21.1 Å². The third-order valence-corrected chi connectivity index (χ3v) is 7.17. The van der Waals surface area contributed by atoms with Crippen molar-refractivity contribution < 1.29 is 18.3 Å². The summed E-state index contributed by atoms with van der Waals surface area (Å²) in [4.78, 5) is 14.7. The van der Waals surface area contributed by atoms with Crippen LogP contribution in [0.25, 0.3) is 10.9 Å². The lowest BCUT2D eigenvalue weighted by molar-refractivity contribution is -0.0790. The molecule has 2 aliphatic heterocycles. The van der Waals surface area contributed by atoms with Crippen LogP contribution in [0.15, 0.2) is 36.5 Å². The molecule has 2 fully saturated rings. The number of fused-ring (bicyclic) bond motifs is 3.